The molecule has 0 saturated heterocycles. The van der Waals surface area contributed by atoms with E-state index in [1.165, 1.54) is 6.07 Å². The number of amides is 1. The Hall–Kier alpha value is -4.03. The number of hydrogen-bond acceptors (Lipinski definition) is 5. The fourth-order valence-corrected chi connectivity index (χ4v) is 4.11. The zero-order valence-corrected chi connectivity index (χ0v) is 18.1. The Kier molecular flexibility index (Phi) is 6.20. The quantitative estimate of drug-likeness (QED) is 0.344. The highest BCUT2D eigenvalue weighted by molar-refractivity contribution is 8.00. The SMILES string of the molecule is CC(Sc1nc2ccccc2c(=O)n1-c1ccc(F)cc1F)C(=O)Nc1cccc(C#N)c1. The standard InChI is InChI=1S/C24H16F2N4O2S/c1-14(22(31)28-17-6-4-5-15(11-17)13-27)33-24-29-20-8-3-2-7-18(20)23(32)30(24)21-10-9-16(25)12-19(21)26/h2-12,14H,1H3,(H,28,31). The minimum atomic E-state index is -0.929. The van der Waals surface area contributed by atoms with Crippen LogP contribution in [-0.4, -0.2) is 20.7 Å². The Morgan fingerprint density at radius 2 is 1.91 bits per heavy atom. The van der Waals surface area contributed by atoms with Crippen molar-refractivity contribution in [3.63, 3.8) is 0 Å². The number of halogens is 2. The van der Waals surface area contributed by atoms with Gasteiger partial charge in [-0.3, -0.25) is 14.2 Å². The van der Waals surface area contributed by atoms with Gasteiger partial charge in [-0.1, -0.05) is 30.0 Å². The number of nitriles is 1. The second-order valence-corrected chi connectivity index (χ2v) is 8.40. The number of aromatic nitrogens is 2. The van der Waals surface area contributed by atoms with Crippen LogP contribution < -0.4 is 10.9 Å². The van der Waals surface area contributed by atoms with Crippen LogP contribution in [0.5, 0.6) is 0 Å². The molecule has 0 saturated carbocycles. The summed E-state index contributed by atoms with van der Waals surface area (Å²) < 4.78 is 29.1. The first kappa shape index (κ1) is 22.2. The summed E-state index contributed by atoms with van der Waals surface area (Å²) >= 11 is 0.959. The summed E-state index contributed by atoms with van der Waals surface area (Å²) in [6.07, 6.45) is 0. The fourth-order valence-electron chi connectivity index (χ4n) is 3.19. The molecule has 9 heteroatoms. The maximum atomic E-state index is 14.6. The number of rotatable bonds is 5. The first-order valence-electron chi connectivity index (χ1n) is 9.82. The summed E-state index contributed by atoms with van der Waals surface area (Å²) in [5, 5.41) is 11.4. The number of carbonyl (C=O) groups is 1. The number of hydrogen-bond donors (Lipinski definition) is 1. The maximum absolute atomic E-state index is 14.6. The van der Waals surface area contributed by atoms with Gasteiger partial charge in [0.05, 0.1) is 33.5 Å². The minimum absolute atomic E-state index is 0.0811. The van der Waals surface area contributed by atoms with Gasteiger partial charge in [0.25, 0.3) is 5.56 Å². The molecular formula is C24H16F2N4O2S. The summed E-state index contributed by atoms with van der Waals surface area (Å²) in [7, 11) is 0. The van der Waals surface area contributed by atoms with Crippen molar-refractivity contribution in [3.05, 3.63) is 94.3 Å². The van der Waals surface area contributed by atoms with E-state index in [0.29, 0.717) is 22.8 Å². The van der Waals surface area contributed by atoms with Crippen LogP contribution >= 0.6 is 11.8 Å². The maximum Gasteiger partial charge on any atom is 0.266 e. The number of carbonyl (C=O) groups excluding carboxylic acids is 1. The molecular weight excluding hydrogens is 446 g/mol. The monoisotopic (exact) mass is 462 g/mol. The number of para-hydroxylation sites is 1. The number of thioether (sulfide) groups is 1. The molecule has 1 atom stereocenters. The Bertz CT molecular complexity index is 1480. The van der Waals surface area contributed by atoms with E-state index in [1.54, 1.807) is 49.4 Å². The van der Waals surface area contributed by atoms with Gasteiger partial charge in [-0.05, 0) is 49.4 Å². The van der Waals surface area contributed by atoms with E-state index in [0.717, 1.165) is 28.5 Å². The highest BCUT2D eigenvalue weighted by Crippen LogP contribution is 2.27. The molecule has 0 fully saturated rings. The topological polar surface area (TPSA) is 87.8 Å². The van der Waals surface area contributed by atoms with Crippen LogP contribution in [0.3, 0.4) is 0 Å². The lowest BCUT2D eigenvalue weighted by molar-refractivity contribution is -0.115. The van der Waals surface area contributed by atoms with Gasteiger partial charge in [0.1, 0.15) is 11.6 Å². The number of benzene rings is 3. The lowest BCUT2D eigenvalue weighted by atomic mass is 10.2. The highest BCUT2D eigenvalue weighted by atomic mass is 32.2. The molecule has 0 aliphatic rings. The lowest BCUT2D eigenvalue weighted by Crippen LogP contribution is -2.26. The van der Waals surface area contributed by atoms with Gasteiger partial charge in [-0.15, -0.1) is 0 Å². The minimum Gasteiger partial charge on any atom is -0.325 e. The van der Waals surface area contributed by atoms with Crippen LogP contribution in [0.25, 0.3) is 16.6 Å². The summed E-state index contributed by atoms with van der Waals surface area (Å²) in [6.45, 7) is 1.61. The number of fused-ring (bicyclic) bond motifs is 1. The summed E-state index contributed by atoms with van der Waals surface area (Å²) in [4.78, 5) is 30.5. The fraction of sp³-hybridized carbons (Fsp3) is 0.0833. The Labute approximate surface area is 191 Å². The predicted molar refractivity (Wildman–Crippen MR) is 122 cm³/mol. The second kappa shape index (κ2) is 9.22. The molecule has 1 unspecified atom stereocenters. The van der Waals surface area contributed by atoms with Crippen LogP contribution in [-0.2, 0) is 4.79 Å². The van der Waals surface area contributed by atoms with Crippen LogP contribution in [0, 0.1) is 23.0 Å². The lowest BCUT2D eigenvalue weighted by Gasteiger charge is -2.17. The molecule has 4 aromatic rings. The largest absolute Gasteiger partial charge is 0.325 e. The third-order valence-corrected chi connectivity index (χ3v) is 5.86. The first-order valence-corrected chi connectivity index (χ1v) is 10.7. The third kappa shape index (κ3) is 4.61. The Morgan fingerprint density at radius 1 is 1.12 bits per heavy atom. The van der Waals surface area contributed by atoms with E-state index in [4.69, 9.17) is 5.26 Å². The molecule has 0 radical (unpaired) electrons. The molecule has 164 valence electrons. The first-order chi connectivity index (χ1) is 15.9. The molecule has 1 amide bonds. The molecule has 0 aliphatic carbocycles. The number of anilines is 1. The zero-order valence-electron chi connectivity index (χ0n) is 17.3. The average molecular weight is 462 g/mol. The van der Waals surface area contributed by atoms with E-state index in [-0.39, 0.29) is 16.2 Å². The molecule has 4 rings (SSSR count). The number of nitrogens with one attached hydrogen (secondary N) is 1. The van der Waals surface area contributed by atoms with Gasteiger partial charge in [-0.2, -0.15) is 5.26 Å². The Morgan fingerprint density at radius 3 is 2.67 bits per heavy atom. The van der Waals surface area contributed by atoms with Crippen LogP contribution in [0.2, 0.25) is 0 Å². The molecule has 0 bridgehead atoms. The average Bonchev–Trinajstić information content (AvgIpc) is 2.80. The molecule has 3 aromatic carbocycles. The van der Waals surface area contributed by atoms with Crippen LogP contribution in [0.15, 0.2) is 76.7 Å². The van der Waals surface area contributed by atoms with E-state index < -0.39 is 28.4 Å². The van der Waals surface area contributed by atoms with Crippen LogP contribution in [0.1, 0.15) is 12.5 Å². The van der Waals surface area contributed by atoms with Gasteiger partial charge in [-0.25, -0.2) is 13.8 Å². The summed E-state index contributed by atoms with van der Waals surface area (Å²) in [5.41, 5.74) is 0.516. The van der Waals surface area contributed by atoms with Crippen molar-refractivity contribution in [1.82, 2.24) is 9.55 Å². The highest BCUT2D eigenvalue weighted by Gasteiger charge is 2.22. The van der Waals surface area contributed by atoms with Crippen molar-refractivity contribution in [3.8, 4) is 11.8 Å². The number of nitrogens with zero attached hydrogens (tertiary/aromatic N) is 3. The molecule has 6 nitrogen and oxygen atoms in total. The predicted octanol–water partition coefficient (Wildman–Crippen LogP) is 4.65. The summed E-state index contributed by atoms with van der Waals surface area (Å²) in [5.74, 6) is -2.11. The molecule has 1 N–H and O–H groups in total. The normalized spacial score (nSPS) is 11.7. The Balaban J connectivity index is 1.74. The van der Waals surface area contributed by atoms with Crippen LogP contribution in [0.4, 0.5) is 14.5 Å². The smallest absolute Gasteiger partial charge is 0.266 e. The van der Waals surface area contributed by atoms with E-state index in [1.807, 2.05) is 6.07 Å². The van der Waals surface area contributed by atoms with Crippen molar-refractivity contribution < 1.29 is 13.6 Å². The molecule has 0 aliphatic heterocycles. The molecule has 1 aromatic heterocycles. The molecule has 1 heterocycles. The van der Waals surface area contributed by atoms with Crippen molar-refractivity contribution >= 4 is 34.3 Å². The van der Waals surface area contributed by atoms with Gasteiger partial charge < -0.3 is 5.32 Å². The van der Waals surface area contributed by atoms with E-state index in [9.17, 15) is 18.4 Å². The van der Waals surface area contributed by atoms with Crippen molar-refractivity contribution in [2.24, 2.45) is 0 Å². The van der Waals surface area contributed by atoms with Crippen molar-refractivity contribution in [1.29, 1.82) is 5.26 Å². The van der Waals surface area contributed by atoms with E-state index in [2.05, 4.69) is 10.3 Å². The van der Waals surface area contributed by atoms with E-state index >= 15 is 0 Å². The van der Waals surface area contributed by atoms with Crippen molar-refractivity contribution in [2.45, 2.75) is 17.3 Å². The van der Waals surface area contributed by atoms with Gasteiger partial charge >= 0.3 is 0 Å². The molecule has 33 heavy (non-hydrogen) atoms. The third-order valence-electron chi connectivity index (χ3n) is 4.81. The van der Waals surface area contributed by atoms with Gasteiger partial charge in [0, 0.05) is 11.8 Å². The van der Waals surface area contributed by atoms with Gasteiger partial charge in [0.2, 0.25) is 5.91 Å². The molecule has 0 spiro atoms. The summed E-state index contributed by atoms with van der Waals surface area (Å²) in [6, 6.07) is 17.9. The second-order valence-electron chi connectivity index (χ2n) is 7.09. The van der Waals surface area contributed by atoms with Crippen molar-refractivity contribution in [2.75, 3.05) is 5.32 Å². The van der Waals surface area contributed by atoms with Gasteiger partial charge in [0.15, 0.2) is 5.16 Å². The zero-order chi connectivity index (χ0) is 23.5.